The number of rotatable bonds is 12. The van der Waals surface area contributed by atoms with Crippen LogP contribution in [-0.4, -0.2) is 58.4 Å². The fourth-order valence-electron chi connectivity index (χ4n) is 6.20. The third-order valence-electron chi connectivity index (χ3n) is 9.01. The molecule has 10 nitrogen and oxygen atoms in total. The van der Waals surface area contributed by atoms with E-state index in [9.17, 15) is 14.4 Å². The predicted molar refractivity (Wildman–Crippen MR) is 175 cm³/mol. The number of nitrogens with one attached hydrogen (secondary N) is 1. The van der Waals surface area contributed by atoms with Crippen molar-refractivity contribution in [1.82, 2.24) is 15.1 Å². The maximum atomic E-state index is 13.5. The maximum Gasteiger partial charge on any atom is 0.322 e. The van der Waals surface area contributed by atoms with Crippen LogP contribution in [0.15, 0.2) is 73.1 Å². The minimum absolute atomic E-state index is 0.123. The van der Waals surface area contributed by atoms with Crippen molar-refractivity contribution in [2.75, 3.05) is 24.6 Å². The van der Waals surface area contributed by atoms with E-state index in [0.29, 0.717) is 43.4 Å². The number of fused-ring (bicyclic) bond motifs is 3. The topological polar surface area (TPSA) is 140 Å². The molecule has 0 radical (unpaired) electrons. The molecule has 46 heavy (non-hydrogen) atoms. The van der Waals surface area contributed by atoms with Gasteiger partial charge in [-0.3, -0.25) is 19.1 Å². The van der Waals surface area contributed by atoms with E-state index in [1.54, 1.807) is 18.2 Å². The van der Waals surface area contributed by atoms with Crippen molar-refractivity contribution in [3.8, 4) is 16.9 Å². The van der Waals surface area contributed by atoms with E-state index in [1.807, 2.05) is 46.2 Å². The number of hydrogen-bond acceptors (Lipinski definition) is 6. The summed E-state index contributed by atoms with van der Waals surface area (Å²) in [5.74, 6) is 0.349. The van der Waals surface area contributed by atoms with Crippen molar-refractivity contribution in [2.24, 2.45) is 11.7 Å². The Morgan fingerprint density at radius 3 is 2.74 bits per heavy atom. The minimum atomic E-state index is -1.17. The number of carboxylic acid groups (broad SMARTS) is 1. The van der Waals surface area contributed by atoms with Crippen molar-refractivity contribution in [3.63, 3.8) is 0 Å². The second-order valence-corrected chi connectivity index (χ2v) is 12.3. The van der Waals surface area contributed by atoms with Crippen LogP contribution in [-0.2, 0) is 16.1 Å². The Balaban J connectivity index is 1.12. The van der Waals surface area contributed by atoms with Crippen LogP contribution in [0.3, 0.4) is 0 Å². The fraction of sp³-hybridized carbons (Fsp3) is 0.333. The highest BCUT2D eigenvalue weighted by Gasteiger charge is 2.47. The number of carboxylic acids is 1. The number of ether oxygens (including phenoxy) is 1. The lowest BCUT2D eigenvalue weighted by Gasteiger charge is -2.30. The zero-order chi connectivity index (χ0) is 32.4. The molecule has 0 bridgehead atoms. The predicted octanol–water partition coefficient (Wildman–Crippen LogP) is 4.67. The number of hydrogen-bond donors (Lipinski definition) is 3. The molecule has 3 atom stereocenters. The Labute approximate surface area is 268 Å². The van der Waals surface area contributed by atoms with Crippen LogP contribution in [0.1, 0.15) is 57.8 Å². The highest BCUT2D eigenvalue weighted by molar-refractivity contribution is 5.97. The molecule has 238 valence electrons. The lowest BCUT2D eigenvalue weighted by Crippen LogP contribution is -2.42. The summed E-state index contributed by atoms with van der Waals surface area (Å²) >= 11 is 0. The molecule has 2 amide bonds. The lowest BCUT2D eigenvalue weighted by molar-refractivity contribution is -0.138. The van der Waals surface area contributed by atoms with E-state index in [1.165, 1.54) is 11.1 Å². The van der Waals surface area contributed by atoms with E-state index in [2.05, 4.69) is 42.5 Å². The molecule has 0 unspecified atom stereocenters. The van der Waals surface area contributed by atoms with Crippen LogP contribution in [0.5, 0.6) is 5.75 Å². The molecule has 4 N–H and O–H groups in total. The van der Waals surface area contributed by atoms with E-state index in [-0.39, 0.29) is 18.4 Å². The molecular weight excluding hydrogens is 582 g/mol. The number of aromatic nitrogens is 2. The molecule has 2 heterocycles. The van der Waals surface area contributed by atoms with Gasteiger partial charge in [-0.25, -0.2) is 0 Å². The number of aryl methyl sites for hydroxylation is 1. The summed E-state index contributed by atoms with van der Waals surface area (Å²) in [4.78, 5) is 39.0. The highest BCUT2D eigenvalue weighted by Crippen LogP contribution is 2.57. The van der Waals surface area contributed by atoms with E-state index in [4.69, 9.17) is 15.6 Å². The second-order valence-electron chi connectivity index (χ2n) is 12.3. The van der Waals surface area contributed by atoms with Crippen LogP contribution >= 0.6 is 0 Å². The third-order valence-corrected chi connectivity index (χ3v) is 9.01. The van der Waals surface area contributed by atoms with Gasteiger partial charge in [0.1, 0.15) is 11.8 Å². The molecule has 1 saturated carbocycles. The average molecular weight is 622 g/mol. The first-order valence-electron chi connectivity index (χ1n) is 15.7. The van der Waals surface area contributed by atoms with Crippen molar-refractivity contribution >= 4 is 23.5 Å². The van der Waals surface area contributed by atoms with Gasteiger partial charge in [-0.05, 0) is 90.6 Å². The number of aliphatic carboxylic acids is 1. The zero-order valence-electron chi connectivity index (χ0n) is 26.1. The van der Waals surface area contributed by atoms with E-state index in [0.717, 1.165) is 46.7 Å². The van der Waals surface area contributed by atoms with Gasteiger partial charge in [-0.2, -0.15) is 5.10 Å². The summed E-state index contributed by atoms with van der Waals surface area (Å²) in [7, 11) is 0. The summed E-state index contributed by atoms with van der Waals surface area (Å²) in [5.41, 5.74) is 13.4. The van der Waals surface area contributed by atoms with E-state index >= 15 is 0 Å². The molecule has 0 spiro atoms. The highest BCUT2D eigenvalue weighted by atomic mass is 16.5. The van der Waals surface area contributed by atoms with Crippen LogP contribution < -0.4 is 20.7 Å². The first-order chi connectivity index (χ1) is 22.2. The monoisotopic (exact) mass is 621 g/mol. The Morgan fingerprint density at radius 2 is 1.91 bits per heavy atom. The first kappa shape index (κ1) is 31.0. The maximum absolute atomic E-state index is 13.5. The summed E-state index contributed by atoms with van der Waals surface area (Å²) in [6.07, 6.45) is 5.99. The zero-order valence-corrected chi connectivity index (χ0v) is 26.1. The Hall–Kier alpha value is -4.96. The van der Waals surface area contributed by atoms with E-state index < -0.39 is 12.0 Å². The van der Waals surface area contributed by atoms with Crippen LogP contribution in [0, 0.1) is 19.8 Å². The van der Waals surface area contributed by atoms with Crippen molar-refractivity contribution in [3.05, 3.63) is 101 Å². The molecule has 2 aliphatic rings. The molecule has 10 heteroatoms. The largest absolute Gasteiger partial charge is 0.493 e. The standard InChI is InChI=1S/C36H39N5O5/c1-22-7-3-12-32(23(22)2)46-14-6-13-33(42)41-21-26-16-29(26)34-28(10-5-11-31(34)41)27-17-39-40(20-27)19-24-8-4-9-25(15-24)35(43)38-18-30(37)36(44)45/h3-5,7-12,15,17,20,26,29-30H,6,13-14,16,18-19,21,37H2,1-2H3,(H,38,43)(H,44,45)/t26-,29-,30+/m0/s1. The minimum Gasteiger partial charge on any atom is -0.493 e. The van der Waals surface area contributed by atoms with Crippen molar-refractivity contribution in [1.29, 1.82) is 0 Å². The second kappa shape index (κ2) is 13.2. The number of carbonyl (C=O) groups excluding carboxylic acids is 2. The Bertz CT molecular complexity index is 1780. The molecule has 1 aliphatic carbocycles. The van der Waals surface area contributed by atoms with Gasteiger partial charge in [0.05, 0.1) is 19.3 Å². The first-order valence-corrected chi connectivity index (χ1v) is 15.7. The number of nitrogens with two attached hydrogens (primary N) is 1. The van der Waals surface area contributed by atoms with Crippen LogP contribution in [0.2, 0.25) is 0 Å². The summed E-state index contributed by atoms with van der Waals surface area (Å²) in [6, 6.07) is 18.2. The number of carbonyl (C=O) groups is 3. The van der Waals surface area contributed by atoms with Gasteiger partial charge in [-0.1, -0.05) is 36.4 Å². The molecule has 1 aliphatic heterocycles. The van der Waals surface area contributed by atoms with Gasteiger partial charge in [-0.15, -0.1) is 0 Å². The quantitative estimate of drug-likeness (QED) is 0.196. The van der Waals surface area contributed by atoms with Gasteiger partial charge in [0.25, 0.3) is 5.91 Å². The molecule has 1 fully saturated rings. The van der Waals surface area contributed by atoms with Crippen LogP contribution in [0.4, 0.5) is 5.69 Å². The smallest absolute Gasteiger partial charge is 0.322 e. The van der Waals surface area contributed by atoms with Gasteiger partial charge in [0.15, 0.2) is 0 Å². The van der Waals surface area contributed by atoms with Gasteiger partial charge in [0.2, 0.25) is 5.91 Å². The Morgan fingerprint density at radius 1 is 1.11 bits per heavy atom. The summed E-state index contributed by atoms with van der Waals surface area (Å²) < 4.78 is 7.83. The van der Waals surface area contributed by atoms with Crippen molar-refractivity contribution in [2.45, 2.75) is 51.6 Å². The fourth-order valence-corrected chi connectivity index (χ4v) is 6.20. The summed E-state index contributed by atoms with van der Waals surface area (Å²) in [5, 5.41) is 16.1. The number of amides is 2. The summed E-state index contributed by atoms with van der Waals surface area (Å²) in [6.45, 7) is 5.66. The molecule has 4 aromatic rings. The Kier molecular flexibility index (Phi) is 8.90. The van der Waals surface area contributed by atoms with Crippen LogP contribution in [0.25, 0.3) is 11.1 Å². The number of anilines is 1. The van der Waals surface area contributed by atoms with Gasteiger partial charge < -0.3 is 25.8 Å². The number of benzene rings is 3. The third kappa shape index (κ3) is 6.67. The number of nitrogens with zero attached hydrogens (tertiary/aromatic N) is 3. The average Bonchev–Trinajstić information content (AvgIpc) is 3.71. The SMILES string of the molecule is Cc1cccc(OCCCC(=O)N2C[C@@H]3C[C@@H]3c3c(-c4cnn(Cc5cccc(C(=O)NC[C@@H](N)C(=O)O)c5)c4)cccc32)c1C. The normalized spacial score (nSPS) is 17.1. The van der Waals surface area contributed by atoms with Gasteiger partial charge in [0, 0.05) is 42.5 Å². The lowest BCUT2D eigenvalue weighted by atomic mass is 9.92. The molecular formula is C36H39N5O5. The van der Waals surface area contributed by atoms with Crippen molar-refractivity contribution < 1.29 is 24.2 Å². The molecule has 1 aromatic heterocycles. The molecule has 0 saturated heterocycles. The molecule has 3 aromatic carbocycles. The van der Waals surface area contributed by atoms with Gasteiger partial charge >= 0.3 is 5.97 Å². The molecule has 6 rings (SSSR count).